The lowest BCUT2D eigenvalue weighted by molar-refractivity contribution is -0.147. The van der Waals surface area contributed by atoms with E-state index in [1.54, 1.807) is 0 Å². The van der Waals surface area contributed by atoms with Gasteiger partial charge in [0.1, 0.15) is 0 Å². The summed E-state index contributed by atoms with van der Waals surface area (Å²) in [6.07, 6.45) is -16.3. The molecule has 0 atom stereocenters. The van der Waals surface area contributed by atoms with Crippen LogP contribution in [0.4, 0.5) is 39.5 Å². The molecule has 3 rings (SSSR count). The average molecular weight is 616 g/mol. The lowest BCUT2D eigenvalue weighted by Crippen LogP contribution is -2.54. The summed E-state index contributed by atoms with van der Waals surface area (Å²) in [6.45, 7) is -1.58. The van der Waals surface area contributed by atoms with Gasteiger partial charge in [-0.2, -0.15) is 39.5 Å². The Balaban J connectivity index is 2.47. The lowest BCUT2D eigenvalue weighted by Gasteiger charge is -2.24. The molecule has 0 aliphatic heterocycles. The minimum atomic E-state index is -5.46. The highest BCUT2D eigenvalue weighted by atomic mass is 79.9. The van der Waals surface area contributed by atoms with Crippen LogP contribution in [-0.2, 0) is 18.5 Å². The molecule has 0 radical (unpaired) electrons. The zero-order valence-electron chi connectivity index (χ0n) is 14.5. The maximum absolute atomic E-state index is 13.8. The Morgan fingerprint density at radius 2 is 1.00 bits per heavy atom. The number of hydrogen-bond acceptors (Lipinski definition) is 2. The Kier molecular flexibility index (Phi) is 6.69. The Morgan fingerprint density at radius 3 is 1.26 bits per heavy atom. The van der Waals surface area contributed by atoms with Crippen molar-refractivity contribution in [2.45, 2.75) is 18.5 Å². The summed E-state index contributed by atoms with van der Waals surface area (Å²) in [5, 5.41) is 0. The van der Waals surface area contributed by atoms with Crippen molar-refractivity contribution in [3.8, 4) is 0 Å². The second-order valence-corrected chi connectivity index (χ2v) is 11.2. The van der Waals surface area contributed by atoms with E-state index in [2.05, 4.69) is 31.9 Å². The highest BCUT2D eigenvalue weighted by Crippen LogP contribution is 2.40. The van der Waals surface area contributed by atoms with E-state index in [0.29, 0.717) is 7.57 Å². The van der Waals surface area contributed by atoms with Crippen LogP contribution in [0.2, 0.25) is 0 Å². The second-order valence-electron chi connectivity index (χ2n) is 6.20. The molecule has 0 aliphatic carbocycles. The third kappa shape index (κ3) is 5.33. The molecule has 0 saturated carbocycles. The van der Waals surface area contributed by atoms with Gasteiger partial charge in [-0.05, 0) is 71.1 Å². The van der Waals surface area contributed by atoms with Crippen LogP contribution in [0.3, 0.4) is 0 Å². The Morgan fingerprint density at radius 1 is 0.613 bits per heavy atom. The molecule has 2 aromatic heterocycles. The minimum Gasteiger partial charge on any atom is -0.166 e. The van der Waals surface area contributed by atoms with Crippen molar-refractivity contribution in [2.75, 3.05) is 0 Å². The zero-order valence-corrected chi connectivity index (χ0v) is 19.3. The number of alkyl halides is 9. The fraction of sp³-hybridized carbons (Fsp3) is 0.176. The van der Waals surface area contributed by atoms with E-state index >= 15 is 0 Å². The Labute approximate surface area is 194 Å². The van der Waals surface area contributed by atoms with E-state index in [1.807, 2.05) is 0 Å². The molecule has 166 valence electrons. The summed E-state index contributed by atoms with van der Waals surface area (Å²) in [5.74, 6) is 0. The Bertz CT molecular complexity index is 1020. The first-order chi connectivity index (χ1) is 14.1. The molecular formula is C17H6BBr2F9S2. The van der Waals surface area contributed by atoms with E-state index in [-0.39, 0.29) is 21.7 Å². The smallest absolute Gasteiger partial charge is 0.166 e. The van der Waals surface area contributed by atoms with Gasteiger partial charge in [0.25, 0.3) is 6.71 Å². The van der Waals surface area contributed by atoms with E-state index in [0.717, 1.165) is 22.7 Å². The summed E-state index contributed by atoms with van der Waals surface area (Å²) in [4.78, 5) is 0. The molecule has 0 bridgehead atoms. The molecule has 31 heavy (non-hydrogen) atoms. The van der Waals surface area contributed by atoms with Crippen molar-refractivity contribution in [1.29, 1.82) is 0 Å². The number of rotatable bonds is 3. The maximum Gasteiger partial charge on any atom is 0.416 e. The van der Waals surface area contributed by atoms with Gasteiger partial charge < -0.3 is 0 Å². The summed E-state index contributed by atoms with van der Waals surface area (Å²) >= 11 is 8.04. The van der Waals surface area contributed by atoms with Crippen molar-refractivity contribution in [3.05, 3.63) is 60.7 Å². The molecule has 3 aromatic rings. The van der Waals surface area contributed by atoms with Gasteiger partial charge in [-0.1, -0.05) is 12.1 Å². The number of thiophene rings is 2. The van der Waals surface area contributed by atoms with Crippen molar-refractivity contribution in [1.82, 2.24) is 0 Å². The number of hydrogen-bond donors (Lipinski definition) is 0. The van der Waals surface area contributed by atoms with E-state index < -0.39 is 47.4 Å². The number of halogens is 11. The minimum absolute atomic E-state index is 0.108. The van der Waals surface area contributed by atoms with Crippen LogP contribution < -0.4 is 15.0 Å². The summed E-state index contributed by atoms with van der Waals surface area (Å²) in [6, 6.07) is 5.04. The van der Waals surface area contributed by atoms with E-state index in [1.165, 1.54) is 24.3 Å². The third-order valence-corrected chi connectivity index (χ3v) is 7.54. The predicted octanol–water partition coefficient (Wildman–Crippen LogP) is 6.91. The topological polar surface area (TPSA) is 0 Å². The van der Waals surface area contributed by atoms with Gasteiger partial charge in [0.2, 0.25) is 0 Å². The normalized spacial score (nSPS) is 13.0. The van der Waals surface area contributed by atoms with E-state index in [4.69, 9.17) is 0 Å². The maximum atomic E-state index is 13.8. The van der Waals surface area contributed by atoms with Crippen LogP contribution in [0.1, 0.15) is 16.7 Å². The quantitative estimate of drug-likeness (QED) is 0.222. The first-order valence-corrected chi connectivity index (χ1v) is 11.2. The predicted molar refractivity (Wildman–Crippen MR) is 110 cm³/mol. The molecule has 0 N–H and O–H groups in total. The molecule has 1 aromatic carbocycles. The fourth-order valence-corrected chi connectivity index (χ4v) is 6.17. The van der Waals surface area contributed by atoms with Crippen LogP contribution in [0, 0.1) is 0 Å². The van der Waals surface area contributed by atoms with Crippen LogP contribution in [0.15, 0.2) is 44.0 Å². The molecule has 0 amide bonds. The molecule has 2 heterocycles. The number of benzene rings is 1. The van der Waals surface area contributed by atoms with Crippen molar-refractivity contribution in [2.24, 2.45) is 0 Å². The highest BCUT2D eigenvalue weighted by molar-refractivity contribution is 9.11. The van der Waals surface area contributed by atoms with Crippen molar-refractivity contribution >= 4 is 76.3 Å². The zero-order chi connectivity index (χ0) is 23.4. The molecule has 0 saturated heterocycles. The fourth-order valence-electron chi connectivity index (χ4n) is 2.99. The van der Waals surface area contributed by atoms with Gasteiger partial charge in [-0.25, -0.2) is 0 Å². The molecule has 14 heteroatoms. The second kappa shape index (κ2) is 8.42. The standard InChI is InChI=1S/C17H6BBr2F9S2/c19-12-3-1-10(30-12)18(11-2-4-13(20)31-11)14-8(16(24,25)26)5-7(15(21,22)23)6-9(14)17(27,28)29/h1-6H. The average Bonchev–Trinajstić information content (AvgIpc) is 3.21. The van der Waals surface area contributed by atoms with Crippen molar-refractivity contribution < 1.29 is 39.5 Å². The van der Waals surface area contributed by atoms with Gasteiger partial charge in [0, 0.05) is 0 Å². The largest absolute Gasteiger partial charge is 0.416 e. The molecule has 0 spiro atoms. The van der Waals surface area contributed by atoms with Gasteiger partial charge in [-0.15, -0.1) is 22.7 Å². The summed E-state index contributed by atoms with van der Waals surface area (Å²) in [5.41, 5.74) is -7.24. The van der Waals surface area contributed by atoms with Crippen LogP contribution in [-0.4, -0.2) is 6.71 Å². The SMILES string of the molecule is FC(F)(F)c1cc(C(F)(F)F)c(B(c2ccc(Br)s2)c2ccc(Br)s2)c(C(F)(F)F)c1. The summed E-state index contributed by atoms with van der Waals surface area (Å²) < 4.78 is 124. The van der Waals surface area contributed by atoms with Crippen LogP contribution in [0.25, 0.3) is 0 Å². The summed E-state index contributed by atoms with van der Waals surface area (Å²) in [7, 11) is 0. The molecule has 0 aliphatic rings. The van der Waals surface area contributed by atoms with Crippen LogP contribution in [0.5, 0.6) is 0 Å². The molecule has 0 nitrogen and oxygen atoms in total. The van der Waals surface area contributed by atoms with Gasteiger partial charge in [0.15, 0.2) is 0 Å². The van der Waals surface area contributed by atoms with Gasteiger partial charge in [0.05, 0.1) is 24.3 Å². The third-order valence-electron chi connectivity index (χ3n) is 4.16. The molecule has 0 fully saturated rings. The Hall–Kier alpha value is -0.985. The molecule has 0 unspecified atom stereocenters. The van der Waals surface area contributed by atoms with Gasteiger partial charge >= 0.3 is 18.5 Å². The lowest BCUT2D eigenvalue weighted by atomic mass is 9.41. The van der Waals surface area contributed by atoms with E-state index in [9.17, 15) is 39.5 Å². The monoisotopic (exact) mass is 614 g/mol. The first-order valence-electron chi connectivity index (χ1n) is 7.99. The van der Waals surface area contributed by atoms with Gasteiger partial charge in [-0.3, -0.25) is 0 Å². The highest BCUT2D eigenvalue weighted by Gasteiger charge is 2.48. The first kappa shape index (κ1) is 24.7. The molecular weight excluding hydrogens is 610 g/mol. The van der Waals surface area contributed by atoms with Crippen LogP contribution >= 0.6 is 54.5 Å². The van der Waals surface area contributed by atoms with Crippen molar-refractivity contribution in [3.63, 3.8) is 0 Å².